The molecule has 0 aliphatic carbocycles. The van der Waals surface area contributed by atoms with Gasteiger partial charge < -0.3 is 15.2 Å². The average molecular weight is 427 g/mol. The van der Waals surface area contributed by atoms with Gasteiger partial charge in [-0.3, -0.25) is 9.59 Å². The van der Waals surface area contributed by atoms with E-state index in [1.165, 1.54) is 0 Å². The van der Waals surface area contributed by atoms with Gasteiger partial charge in [-0.05, 0) is 36.8 Å². The van der Waals surface area contributed by atoms with Crippen LogP contribution >= 0.6 is 0 Å². The zero-order valence-corrected chi connectivity index (χ0v) is 18.0. The summed E-state index contributed by atoms with van der Waals surface area (Å²) in [6, 6.07) is 25.9. The van der Waals surface area contributed by atoms with Gasteiger partial charge in [0.05, 0.1) is 11.0 Å². The molecular formula is C26H26N4O2. The number of carbonyl (C=O) groups excluding carboxylic acids is 2. The van der Waals surface area contributed by atoms with E-state index in [9.17, 15) is 9.59 Å². The molecule has 0 bridgehead atoms. The number of imidazole rings is 1. The van der Waals surface area contributed by atoms with Crippen molar-refractivity contribution in [2.24, 2.45) is 0 Å². The second kappa shape index (κ2) is 9.92. The van der Waals surface area contributed by atoms with Crippen molar-refractivity contribution in [1.29, 1.82) is 0 Å². The minimum Gasteiger partial charge on any atom is -0.353 e. The van der Waals surface area contributed by atoms with Crippen LogP contribution in [-0.4, -0.2) is 34.0 Å². The molecule has 0 aliphatic heterocycles. The number of aryl methyl sites for hydroxylation is 1. The van der Waals surface area contributed by atoms with Gasteiger partial charge in [0.1, 0.15) is 11.9 Å². The van der Waals surface area contributed by atoms with Gasteiger partial charge in [0.15, 0.2) is 0 Å². The third-order valence-electron chi connectivity index (χ3n) is 5.42. The summed E-state index contributed by atoms with van der Waals surface area (Å²) in [4.78, 5) is 30.3. The van der Waals surface area contributed by atoms with Gasteiger partial charge >= 0.3 is 0 Å². The quantitative estimate of drug-likeness (QED) is 0.453. The van der Waals surface area contributed by atoms with E-state index < -0.39 is 6.04 Å². The molecule has 2 amide bonds. The molecule has 4 aromatic rings. The Balaban J connectivity index is 1.44. The van der Waals surface area contributed by atoms with E-state index in [0.29, 0.717) is 25.1 Å². The number of carbonyl (C=O) groups is 2. The molecular weight excluding hydrogens is 400 g/mol. The number of rotatable bonds is 8. The molecule has 2 N–H and O–H groups in total. The van der Waals surface area contributed by atoms with E-state index in [-0.39, 0.29) is 11.8 Å². The maximum Gasteiger partial charge on any atom is 0.251 e. The first kappa shape index (κ1) is 21.3. The fourth-order valence-corrected chi connectivity index (χ4v) is 3.78. The molecule has 32 heavy (non-hydrogen) atoms. The Morgan fingerprint density at radius 3 is 2.31 bits per heavy atom. The molecule has 0 aliphatic rings. The Bertz CT molecular complexity index is 1200. The van der Waals surface area contributed by atoms with E-state index >= 15 is 0 Å². The van der Waals surface area contributed by atoms with Crippen molar-refractivity contribution < 1.29 is 9.59 Å². The summed E-state index contributed by atoms with van der Waals surface area (Å²) in [5, 5.41) is 5.88. The zero-order chi connectivity index (χ0) is 22.3. The lowest BCUT2D eigenvalue weighted by atomic mass is 10.0. The number of para-hydroxylation sites is 2. The molecule has 6 nitrogen and oxygen atoms in total. The Hall–Kier alpha value is -3.93. The molecule has 0 saturated carbocycles. The number of nitrogens with zero attached hydrogens (tertiary/aromatic N) is 2. The molecule has 162 valence electrons. The van der Waals surface area contributed by atoms with Crippen LogP contribution in [0, 0.1) is 6.92 Å². The molecule has 0 saturated heterocycles. The summed E-state index contributed by atoms with van der Waals surface area (Å²) in [6.07, 6.45) is 0.415. The van der Waals surface area contributed by atoms with E-state index in [1.807, 2.05) is 67.6 Å². The fraction of sp³-hybridized carbons (Fsp3) is 0.192. The fourth-order valence-electron chi connectivity index (χ4n) is 3.78. The molecule has 1 unspecified atom stereocenters. The second-order valence-electron chi connectivity index (χ2n) is 7.67. The Labute approximate surface area is 187 Å². The summed E-state index contributed by atoms with van der Waals surface area (Å²) in [5.41, 5.74) is 3.49. The van der Waals surface area contributed by atoms with Crippen molar-refractivity contribution in [2.45, 2.75) is 25.9 Å². The highest BCUT2D eigenvalue weighted by atomic mass is 16.2. The predicted molar refractivity (Wildman–Crippen MR) is 125 cm³/mol. The first-order valence-corrected chi connectivity index (χ1v) is 10.7. The van der Waals surface area contributed by atoms with Crippen LogP contribution in [0.5, 0.6) is 0 Å². The highest BCUT2D eigenvalue weighted by Crippen LogP contribution is 2.15. The molecule has 1 aromatic heterocycles. The lowest BCUT2D eigenvalue weighted by molar-refractivity contribution is -0.123. The Kier molecular flexibility index (Phi) is 6.60. The lowest BCUT2D eigenvalue weighted by Gasteiger charge is -2.19. The highest BCUT2D eigenvalue weighted by molar-refractivity contribution is 5.97. The SMILES string of the molecule is Cc1nc2ccccc2n1CCNC(=O)C(Cc1ccccc1)NC(=O)c1ccccc1. The van der Waals surface area contributed by atoms with E-state index in [4.69, 9.17) is 0 Å². The number of hydrogen-bond acceptors (Lipinski definition) is 3. The van der Waals surface area contributed by atoms with E-state index in [1.54, 1.807) is 24.3 Å². The first-order chi connectivity index (χ1) is 15.6. The predicted octanol–water partition coefficient (Wildman–Crippen LogP) is 3.50. The van der Waals surface area contributed by atoms with Crippen LogP contribution in [0.25, 0.3) is 11.0 Å². The molecule has 1 heterocycles. The van der Waals surface area contributed by atoms with Gasteiger partial charge in [0.25, 0.3) is 5.91 Å². The highest BCUT2D eigenvalue weighted by Gasteiger charge is 2.22. The van der Waals surface area contributed by atoms with Crippen molar-refractivity contribution in [2.75, 3.05) is 6.54 Å². The number of hydrogen-bond donors (Lipinski definition) is 2. The zero-order valence-electron chi connectivity index (χ0n) is 18.0. The summed E-state index contributed by atoms with van der Waals surface area (Å²) >= 11 is 0. The van der Waals surface area contributed by atoms with Crippen molar-refractivity contribution in [3.63, 3.8) is 0 Å². The van der Waals surface area contributed by atoms with Crippen LogP contribution in [0.1, 0.15) is 21.7 Å². The normalized spacial score (nSPS) is 11.8. The van der Waals surface area contributed by atoms with Crippen LogP contribution in [-0.2, 0) is 17.8 Å². The average Bonchev–Trinajstić information content (AvgIpc) is 3.15. The maximum atomic E-state index is 13.0. The van der Waals surface area contributed by atoms with Crippen LogP contribution < -0.4 is 10.6 Å². The van der Waals surface area contributed by atoms with E-state index in [2.05, 4.69) is 20.2 Å². The molecule has 1 atom stereocenters. The molecule has 6 heteroatoms. The minimum absolute atomic E-state index is 0.208. The van der Waals surface area contributed by atoms with Gasteiger partial charge in [-0.2, -0.15) is 0 Å². The largest absolute Gasteiger partial charge is 0.353 e. The summed E-state index contributed by atoms with van der Waals surface area (Å²) in [6.45, 7) is 3.00. The van der Waals surface area contributed by atoms with Gasteiger partial charge in [-0.15, -0.1) is 0 Å². The molecule has 0 radical (unpaired) electrons. The number of benzene rings is 3. The van der Waals surface area contributed by atoms with Crippen molar-refractivity contribution in [3.05, 3.63) is 102 Å². The third-order valence-corrected chi connectivity index (χ3v) is 5.42. The lowest BCUT2D eigenvalue weighted by Crippen LogP contribution is -2.48. The Morgan fingerprint density at radius 2 is 1.56 bits per heavy atom. The van der Waals surface area contributed by atoms with Gasteiger partial charge in [0, 0.05) is 25.1 Å². The number of amides is 2. The van der Waals surface area contributed by atoms with Crippen molar-refractivity contribution >= 4 is 22.8 Å². The summed E-state index contributed by atoms with van der Waals surface area (Å²) in [7, 11) is 0. The summed E-state index contributed by atoms with van der Waals surface area (Å²) in [5.74, 6) is 0.428. The first-order valence-electron chi connectivity index (χ1n) is 10.7. The van der Waals surface area contributed by atoms with Gasteiger partial charge in [-0.1, -0.05) is 60.7 Å². The Morgan fingerprint density at radius 1 is 0.906 bits per heavy atom. The monoisotopic (exact) mass is 426 g/mol. The molecule has 0 spiro atoms. The second-order valence-corrected chi connectivity index (χ2v) is 7.67. The molecule has 3 aromatic carbocycles. The van der Waals surface area contributed by atoms with Crippen LogP contribution in [0.15, 0.2) is 84.9 Å². The smallest absolute Gasteiger partial charge is 0.251 e. The topological polar surface area (TPSA) is 76.0 Å². The van der Waals surface area contributed by atoms with Crippen LogP contribution in [0.3, 0.4) is 0 Å². The molecule has 4 rings (SSSR count). The molecule has 0 fully saturated rings. The van der Waals surface area contributed by atoms with Crippen molar-refractivity contribution in [3.8, 4) is 0 Å². The maximum absolute atomic E-state index is 13.0. The summed E-state index contributed by atoms with van der Waals surface area (Å²) < 4.78 is 2.09. The standard InChI is InChI=1S/C26H26N4O2/c1-19-28-22-14-8-9-15-24(22)30(19)17-16-27-26(32)23(18-20-10-4-2-5-11-20)29-25(31)21-12-6-3-7-13-21/h2-15,23H,16-18H2,1H3,(H,27,32)(H,29,31). The number of nitrogens with one attached hydrogen (secondary N) is 2. The van der Waals surface area contributed by atoms with E-state index in [0.717, 1.165) is 22.4 Å². The van der Waals surface area contributed by atoms with Gasteiger partial charge in [-0.25, -0.2) is 4.98 Å². The van der Waals surface area contributed by atoms with Crippen LogP contribution in [0.2, 0.25) is 0 Å². The number of aromatic nitrogens is 2. The van der Waals surface area contributed by atoms with Gasteiger partial charge in [0.2, 0.25) is 5.91 Å². The van der Waals surface area contributed by atoms with Crippen LogP contribution in [0.4, 0.5) is 0 Å². The minimum atomic E-state index is -0.675. The van der Waals surface area contributed by atoms with Crippen molar-refractivity contribution in [1.82, 2.24) is 20.2 Å². The number of fused-ring (bicyclic) bond motifs is 1. The third kappa shape index (κ3) is 5.03.